The van der Waals surface area contributed by atoms with E-state index in [0.717, 1.165) is 11.4 Å². The van der Waals surface area contributed by atoms with Crippen molar-refractivity contribution in [2.24, 2.45) is 0 Å². The van der Waals surface area contributed by atoms with Crippen molar-refractivity contribution in [3.8, 4) is 50.2 Å². The molecule has 0 saturated heterocycles. The summed E-state index contributed by atoms with van der Waals surface area (Å²) in [5.41, 5.74) is 19.3. The van der Waals surface area contributed by atoms with Crippen LogP contribution < -0.4 is 4.90 Å². The first kappa shape index (κ1) is 41.1. The number of hydrogen-bond donors (Lipinski definition) is 0. The van der Waals surface area contributed by atoms with Crippen LogP contribution in [-0.2, 0) is 0 Å². The second-order valence-corrected chi connectivity index (χ2v) is 17.0. The van der Waals surface area contributed by atoms with Crippen LogP contribution in [0.2, 0.25) is 0 Å². The van der Waals surface area contributed by atoms with E-state index in [2.05, 4.69) is 273 Å². The molecule has 65 heavy (non-hydrogen) atoms. The lowest BCUT2D eigenvalue weighted by molar-refractivity contribution is 0.868. The molecule has 0 N–H and O–H groups in total. The van der Waals surface area contributed by atoms with E-state index in [1.165, 1.54) is 88.7 Å². The molecule has 0 fully saturated rings. The number of anilines is 2. The fraction of sp³-hybridized carbons (Fsp3) is 0.0794. The van der Waals surface area contributed by atoms with Gasteiger partial charge in [-0.3, -0.25) is 0 Å². The van der Waals surface area contributed by atoms with Gasteiger partial charge in [-0.25, -0.2) is 0 Å². The Balaban J connectivity index is 1.04. The third-order valence-electron chi connectivity index (χ3n) is 12.7. The van der Waals surface area contributed by atoms with Crippen molar-refractivity contribution in [3.05, 3.63) is 254 Å². The highest BCUT2D eigenvalue weighted by Crippen LogP contribution is 2.40. The van der Waals surface area contributed by atoms with Gasteiger partial charge in [0.05, 0.1) is 11.0 Å². The molecular formula is C63H52N2. The standard InChI is InChI=1S/C63H52N2/c1-4-46(47-20-8-5-9-21-47)28-19-41-64(54-36-33-49(34-37-54)48-22-10-6-11-23-48)61-31-16-14-29-57(61)53-27-18-26-51(42-53)52-35-40-63-60(43-52)58-30-15-17-32-62(58)65(63)55-38-39-56(45(2)3)59(44-55)50-24-12-7-13-25-50/h4-40,42-45H,41H2,1-3H3/b28-19-,46-4+. The Kier molecular flexibility index (Phi) is 11.6. The van der Waals surface area contributed by atoms with E-state index in [4.69, 9.17) is 0 Å². The predicted octanol–water partition coefficient (Wildman–Crippen LogP) is 17.4. The summed E-state index contributed by atoms with van der Waals surface area (Å²) in [6.45, 7) is 7.36. The van der Waals surface area contributed by atoms with Crippen LogP contribution in [0.1, 0.15) is 37.8 Å². The molecule has 0 radical (unpaired) electrons. The zero-order chi connectivity index (χ0) is 44.1. The van der Waals surface area contributed by atoms with E-state index in [1.807, 2.05) is 0 Å². The molecule has 0 aliphatic heterocycles. The van der Waals surface area contributed by atoms with Crippen molar-refractivity contribution >= 4 is 38.8 Å². The second kappa shape index (κ2) is 18.4. The van der Waals surface area contributed by atoms with Crippen LogP contribution in [0, 0.1) is 0 Å². The molecule has 0 saturated carbocycles. The van der Waals surface area contributed by atoms with Gasteiger partial charge in [0.1, 0.15) is 0 Å². The molecule has 0 unspecified atom stereocenters. The van der Waals surface area contributed by atoms with E-state index in [0.29, 0.717) is 12.5 Å². The largest absolute Gasteiger partial charge is 0.337 e. The number of para-hydroxylation sites is 2. The van der Waals surface area contributed by atoms with Gasteiger partial charge in [-0.2, -0.15) is 0 Å². The number of allylic oxidation sites excluding steroid dienone is 3. The summed E-state index contributed by atoms with van der Waals surface area (Å²) in [5, 5.41) is 2.49. The number of aromatic nitrogens is 1. The smallest absolute Gasteiger partial charge is 0.0541 e. The Bertz CT molecular complexity index is 3300. The van der Waals surface area contributed by atoms with Crippen molar-refractivity contribution in [1.29, 1.82) is 0 Å². The van der Waals surface area contributed by atoms with Gasteiger partial charge in [-0.1, -0.05) is 202 Å². The Morgan fingerprint density at radius 3 is 1.83 bits per heavy atom. The van der Waals surface area contributed by atoms with Crippen molar-refractivity contribution in [2.45, 2.75) is 26.7 Å². The maximum Gasteiger partial charge on any atom is 0.0541 e. The van der Waals surface area contributed by atoms with Crippen molar-refractivity contribution < 1.29 is 0 Å². The maximum absolute atomic E-state index is 2.44. The van der Waals surface area contributed by atoms with Crippen LogP contribution in [0.4, 0.5) is 11.4 Å². The normalized spacial score (nSPS) is 11.8. The first-order valence-corrected chi connectivity index (χ1v) is 22.8. The zero-order valence-corrected chi connectivity index (χ0v) is 37.3. The monoisotopic (exact) mass is 836 g/mol. The molecule has 0 aliphatic rings. The molecule has 0 aliphatic carbocycles. The number of fused-ring (bicyclic) bond motifs is 3. The molecule has 2 nitrogen and oxygen atoms in total. The van der Waals surface area contributed by atoms with Gasteiger partial charge in [0.25, 0.3) is 0 Å². The minimum Gasteiger partial charge on any atom is -0.337 e. The van der Waals surface area contributed by atoms with Crippen molar-refractivity contribution in [2.75, 3.05) is 11.4 Å². The Morgan fingerprint density at radius 2 is 1.08 bits per heavy atom. The van der Waals surface area contributed by atoms with Gasteiger partial charge in [0.2, 0.25) is 0 Å². The average molecular weight is 837 g/mol. The lowest BCUT2D eigenvalue weighted by Crippen LogP contribution is -2.17. The van der Waals surface area contributed by atoms with Crippen LogP contribution in [-0.4, -0.2) is 11.1 Å². The Labute approximate surface area is 383 Å². The van der Waals surface area contributed by atoms with Crippen LogP contribution in [0.25, 0.3) is 77.6 Å². The molecule has 314 valence electrons. The third kappa shape index (κ3) is 8.35. The zero-order valence-electron chi connectivity index (χ0n) is 37.3. The Hall–Kier alpha value is -7.94. The third-order valence-corrected chi connectivity index (χ3v) is 12.7. The van der Waals surface area contributed by atoms with Gasteiger partial charge in [-0.05, 0) is 123 Å². The molecule has 10 rings (SSSR count). The summed E-state index contributed by atoms with van der Waals surface area (Å²) in [5.74, 6) is 0.408. The minimum atomic E-state index is 0.408. The molecule has 2 heteroatoms. The van der Waals surface area contributed by atoms with Crippen LogP contribution in [0.5, 0.6) is 0 Å². The van der Waals surface area contributed by atoms with Crippen molar-refractivity contribution in [1.82, 2.24) is 4.57 Å². The quantitative estimate of drug-likeness (QED) is 0.111. The van der Waals surface area contributed by atoms with Gasteiger partial charge in [-0.15, -0.1) is 0 Å². The van der Waals surface area contributed by atoms with Gasteiger partial charge >= 0.3 is 0 Å². The highest BCUT2D eigenvalue weighted by Gasteiger charge is 2.18. The van der Waals surface area contributed by atoms with Gasteiger partial charge in [0, 0.05) is 39.9 Å². The van der Waals surface area contributed by atoms with E-state index < -0.39 is 0 Å². The number of hydrogen-bond acceptors (Lipinski definition) is 1. The molecule has 0 amide bonds. The summed E-state index contributed by atoms with van der Waals surface area (Å²) in [6, 6.07) is 81.7. The summed E-state index contributed by atoms with van der Waals surface area (Å²) in [7, 11) is 0. The summed E-state index contributed by atoms with van der Waals surface area (Å²) < 4.78 is 2.44. The van der Waals surface area contributed by atoms with Crippen LogP contribution >= 0.6 is 0 Å². The molecule has 1 aromatic heterocycles. The number of rotatable bonds is 12. The Morgan fingerprint density at radius 1 is 0.477 bits per heavy atom. The number of benzene rings is 9. The first-order chi connectivity index (χ1) is 32.0. The van der Waals surface area contributed by atoms with Gasteiger partial charge in [0.15, 0.2) is 0 Å². The average Bonchev–Trinajstić information content (AvgIpc) is 3.71. The topological polar surface area (TPSA) is 8.17 Å². The molecule has 1 heterocycles. The predicted molar refractivity (Wildman–Crippen MR) is 279 cm³/mol. The number of nitrogens with zero attached hydrogens (tertiary/aromatic N) is 2. The highest BCUT2D eigenvalue weighted by atomic mass is 15.1. The maximum atomic E-state index is 2.44. The lowest BCUT2D eigenvalue weighted by atomic mass is 9.92. The first-order valence-electron chi connectivity index (χ1n) is 22.8. The highest BCUT2D eigenvalue weighted by molar-refractivity contribution is 6.10. The summed E-state index contributed by atoms with van der Waals surface area (Å²) in [4.78, 5) is 2.43. The molecule has 10 aromatic rings. The lowest BCUT2D eigenvalue weighted by Gasteiger charge is -2.27. The fourth-order valence-electron chi connectivity index (χ4n) is 9.39. The summed E-state index contributed by atoms with van der Waals surface area (Å²) >= 11 is 0. The molecule has 0 atom stereocenters. The van der Waals surface area contributed by atoms with Crippen LogP contribution in [0.3, 0.4) is 0 Å². The molecular weight excluding hydrogens is 785 g/mol. The van der Waals surface area contributed by atoms with E-state index in [1.54, 1.807) is 0 Å². The van der Waals surface area contributed by atoms with Gasteiger partial charge < -0.3 is 9.47 Å². The SMILES string of the molecule is C/C=C(\C=C/CN(c1ccc(-c2ccccc2)cc1)c1ccccc1-c1cccc(-c2ccc3c(c2)c2ccccc2n3-c2ccc(C(C)C)c(-c3ccccc3)c2)c1)c1ccccc1. The molecule has 0 bridgehead atoms. The van der Waals surface area contributed by atoms with E-state index in [-0.39, 0.29) is 0 Å². The summed E-state index contributed by atoms with van der Waals surface area (Å²) in [6.07, 6.45) is 6.72. The van der Waals surface area contributed by atoms with Crippen molar-refractivity contribution in [3.63, 3.8) is 0 Å². The van der Waals surface area contributed by atoms with E-state index >= 15 is 0 Å². The van der Waals surface area contributed by atoms with E-state index in [9.17, 15) is 0 Å². The molecule has 9 aromatic carbocycles. The van der Waals surface area contributed by atoms with Crippen LogP contribution in [0.15, 0.2) is 243 Å². The second-order valence-electron chi connectivity index (χ2n) is 17.0. The minimum absolute atomic E-state index is 0.408. The fourth-order valence-corrected chi connectivity index (χ4v) is 9.39. The molecule has 0 spiro atoms.